The average Bonchev–Trinajstić information content (AvgIpc) is 3.39. The molecule has 1 atom stereocenters. The van der Waals surface area contributed by atoms with E-state index in [9.17, 15) is 4.79 Å². The van der Waals surface area contributed by atoms with Gasteiger partial charge in [-0.15, -0.1) is 0 Å². The topological polar surface area (TPSA) is 101 Å². The van der Waals surface area contributed by atoms with Crippen molar-refractivity contribution in [3.8, 4) is 22.4 Å². The number of carbonyl (C=O) groups is 1. The van der Waals surface area contributed by atoms with Crippen molar-refractivity contribution in [3.05, 3.63) is 84.4 Å². The van der Waals surface area contributed by atoms with Crippen molar-refractivity contribution in [1.82, 2.24) is 24.8 Å². The molecule has 8 nitrogen and oxygen atoms in total. The molecule has 2 N–H and O–H groups in total. The van der Waals surface area contributed by atoms with Gasteiger partial charge in [0.05, 0.1) is 23.0 Å². The number of hydrogen-bond acceptors (Lipinski definition) is 7. The summed E-state index contributed by atoms with van der Waals surface area (Å²) in [5.41, 5.74) is 10.7. The van der Waals surface area contributed by atoms with Crippen molar-refractivity contribution in [3.63, 3.8) is 0 Å². The Hall–Kier alpha value is -4.33. The van der Waals surface area contributed by atoms with Crippen LogP contribution in [-0.4, -0.2) is 51.4 Å². The minimum atomic E-state index is -0.139. The van der Waals surface area contributed by atoms with Crippen LogP contribution in [0, 0.1) is 0 Å². The Morgan fingerprint density at radius 1 is 0.943 bits per heavy atom. The number of pyridine rings is 2. The van der Waals surface area contributed by atoms with Crippen molar-refractivity contribution in [2.45, 2.75) is 18.9 Å². The molecule has 1 aliphatic heterocycles. The van der Waals surface area contributed by atoms with Gasteiger partial charge in [0.1, 0.15) is 5.82 Å². The lowest BCUT2D eigenvalue weighted by molar-refractivity contribution is 0.0733. The van der Waals surface area contributed by atoms with E-state index >= 15 is 0 Å². The van der Waals surface area contributed by atoms with E-state index in [2.05, 4.69) is 15.0 Å². The molecule has 0 bridgehead atoms. The summed E-state index contributed by atoms with van der Waals surface area (Å²) in [6.07, 6.45) is 6.93. The normalized spacial score (nSPS) is 15.3. The molecule has 0 unspecified atom stereocenters. The number of benzene rings is 1. The van der Waals surface area contributed by atoms with Crippen molar-refractivity contribution < 1.29 is 4.79 Å². The lowest BCUT2D eigenvalue weighted by atomic mass is 9.99. The first kappa shape index (κ1) is 22.5. The SMILES string of the molecule is CN(C)c1ncc(-c2ccccc2)c([C@H]2CCCN2C(=O)c2ccc(-c3ccc(N)nc3)nc2)n1. The van der Waals surface area contributed by atoms with Crippen molar-refractivity contribution in [2.24, 2.45) is 0 Å². The molecule has 1 aliphatic rings. The maximum atomic E-state index is 13.6. The zero-order chi connectivity index (χ0) is 24.4. The molecule has 0 saturated carbocycles. The van der Waals surface area contributed by atoms with E-state index in [-0.39, 0.29) is 11.9 Å². The quantitative estimate of drug-likeness (QED) is 0.471. The molecule has 8 heteroatoms. The van der Waals surface area contributed by atoms with Gasteiger partial charge in [-0.1, -0.05) is 30.3 Å². The molecule has 3 aromatic heterocycles. The van der Waals surface area contributed by atoms with E-state index < -0.39 is 0 Å². The summed E-state index contributed by atoms with van der Waals surface area (Å²) in [6, 6.07) is 17.2. The average molecular weight is 466 g/mol. The van der Waals surface area contributed by atoms with Crippen LogP contribution in [0.5, 0.6) is 0 Å². The van der Waals surface area contributed by atoms with Crippen LogP contribution < -0.4 is 10.6 Å². The molecule has 5 rings (SSSR count). The second-order valence-electron chi connectivity index (χ2n) is 8.79. The number of nitrogens with two attached hydrogens (primary N) is 1. The summed E-state index contributed by atoms with van der Waals surface area (Å²) in [6.45, 7) is 0.669. The Balaban J connectivity index is 1.47. The molecule has 4 aromatic rings. The van der Waals surface area contributed by atoms with Crippen LogP contribution in [0.3, 0.4) is 0 Å². The molecular formula is C27H27N7O. The van der Waals surface area contributed by atoms with Gasteiger partial charge in [-0.25, -0.2) is 15.0 Å². The van der Waals surface area contributed by atoms with Gasteiger partial charge < -0.3 is 15.5 Å². The van der Waals surface area contributed by atoms with Gasteiger partial charge in [0.2, 0.25) is 5.95 Å². The second-order valence-corrected chi connectivity index (χ2v) is 8.79. The molecular weight excluding hydrogens is 438 g/mol. The van der Waals surface area contributed by atoms with Crippen LogP contribution in [0.15, 0.2) is 73.2 Å². The van der Waals surface area contributed by atoms with Gasteiger partial charge in [0, 0.05) is 50.4 Å². The third-order valence-electron chi connectivity index (χ3n) is 6.21. The zero-order valence-corrected chi connectivity index (χ0v) is 19.8. The number of nitrogens with zero attached hydrogens (tertiary/aromatic N) is 6. The van der Waals surface area contributed by atoms with Gasteiger partial charge in [-0.05, 0) is 42.7 Å². The number of rotatable bonds is 5. The van der Waals surface area contributed by atoms with E-state index in [1.807, 2.05) is 78.6 Å². The number of aromatic nitrogens is 4. The summed E-state index contributed by atoms with van der Waals surface area (Å²) in [7, 11) is 3.84. The zero-order valence-electron chi connectivity index (χ0n) is 19.8. The predicted octanol–water partition coefficient (Wildman–Crippen LogP) is 4.23. The lowest BCUT2D eigenvalue weighted by Gasteiger charge is -2.27. The predicted molar refractivity (Wildman–Crippen MR) is 137 cm³/mol. The first-order chi connectivity index (χ1) is 17.0. The Morgan fingerprint density at radius 3 is 2.46 bits per heavy atom. The Bertz CT molecular complexity index is 1320. The summed E-state index contributed by atoms with van der Waals surface area (Å²) < 4.78 is 0. The second kappa shape index (κ2) is 9.50. The highest BCUT2D eigenvalue weighted by molar-refractivity contribution is 5.94. The maximum absolute atomic E-state index is 13.6. The van der Waals surface area contributed by atoms with E-state index in [0.29, 0.717) is 23.9 Å². The van der Waals surface area contributed by atoms with Crippen molar-refractivity contribution in [2.75, 3.05) is 31.3 Å². The molecule has 176 valence electrons. The Kier molecular flexibility index (Phi) is 6.10. The van der Waals surface area contributed by atoms with Crippen molar-refractivity contribution >= 4 is 17.7 Å². The number of amides is 1. The molecule has 0 aliphatic carbocycles. The van der Waals surface area contributed by atoms with E-state index in [1.165, 1.54) is 0 Å². The van der Waals surface area contributed by atoms with E-state index in [4.69, 9.17) is 10.7 Å². The van der Waals surface area contributed by atoms with Crippen LogP contribution in [-0.2, 0) is 0 Å². The largest absolute Gasteiger partial charge is 0.384 e. The molecule has 4 heterocycles. The third kappa shape index (κ3) is 4.55. The summed E-state index contributed by atoms with van der Waals surface area (Å²) in [5, 5.41) is 0. The summed E-state index contributed by atoms with van der Waals surface area (Å²) >= 11 is 0. The van der Waals surface area contributed by atoms with Gasteiger partial charge in [-0.3, -0.25) is 9.78 Å². The fourth-order valence-electron chi connectivity index (χ4n) is 4.40. The standard InChI is InChI=1S/C27H27N7O/c1-33(2)27-31-17-21(18-7-4-3-5-8-18)25(32-27)23-9-6-14-34(23)26(35)20-10-12-22(29-16-20)19-11-13-24(28)30-15-19/h3-5,7-8,10-13,15-17,23H,6,9,14H2,1-2H3,(H2,28,30)/t23-/m1/s1. The van der Waals surface area contributed by atoms with Gasteiger partial charge >= 0.3 is 0 Å². The number of likely N-dealkylation sites (tertiary alicyclic amines) is 1. The minimum Gasteiger partial charge on any atom is -0.384 e. The lowest BCUT2D eigenvalue weighted by Crippen LogP contribution is -2.31. The molecule has 0 radical (unpaired) electrons. The van der Waals surface area contributed by atoms with Crippen LogP contribution in [0.1, 0.15) is 34.9 Å². The Labute approximate surface area is 204 Å². The number of carbonyl (C=O) groups excluding carboxylic acids is 1. The molecule has 1 fully saturated rings. The highest BCUT2D eigenvalue weighted by Gasteiger charge is 2.34. The summed E-state index contributed by atoms with van der Waals surface area (Å²) in [5.74, 6) is 1.03. The first-order valence-corrected chi connectivity index (χ1v) is 11.6. The molecule has 1 amide bonds. The van der Waals surface area contributed by atoms with Gasteiger partial charge in [0.25, 0.3) is 5.91 Å². The molecule has 35 heavy (non-hydrogen) atoms. The molecule has 1 aromatic carbocycles. The molecule has 1 saturated heterocycles. The summed E-state index contributed by atoms with van der Waals surface area (Å²) in [4.78, 5) is 35.5. The third-order valence-corrected chi connectivity index (χ3v) is 6.21. The van der Waals surface area contributed by atoms with Gasteiger partial charge in [0.15, 0.2) is 0 Å². The smallest absolute Gasteiger partial charge is 0.255 e. The highest BCUT2D eigenvalue weighted by atomic mass is 16.2. The van der Waals surface area contributed by atoms with Gasteiger partial charge in [-0.2, -0.15) is 0 Å². The molecule has 0 spiro atoms. The Morgan fingerprint density at radius 2 is 1.77 bits per heavy atom. The van der Waals surface area contributed by atoms with E-state index in [1.54, 1.807) is 18.5 Å². The van der Waals surface area contributed by atoms with Crippen LogP contribution in [0.25, 0.3) is 22.4 Å². The van der Waals surface area contributed by atoms with E-state index in [0.717, 1.165) is 40.9 Å². The van der Waals surface area contributed by atoms with Crippen LogP contribution in [0.4, 0.5) is 11.8 Å². The van der Waals surface area contributed by atoms with Crippen molar-refractivity contribution in [1.29, 1.82) is 0 Å². The van der Waals surface area contributed by atoms with Crippen LogP contribution >= 0.6 is 0 Å². The number of hydrogen-bond donors (Lipinski definition) is 1. The van der Waals surface area contributed by atoms with Crippen LogP contribution in [0.2, 0.25) is 0 Å². The fourth-order valence-corrected chi connectivity index (χ4v) is 4.40. The monoisotopic (exact) mass is 465 g/mol. The number of nitrogen functional groups attached to an aromatic ring is 1. The first-order valence-electron chi connectivity index (χ1n) is 11.6. The maximum Gasteiger partial charge on any atom is 0.255 e. The highest BCUT2D eigenvalue weighted by Crippen LogP contribution is 2.38. The fraction of sp³-hybridized carbons (Fsp3) is 0.222. The number of anilines is 2. The minimum absolute atomic E-state index is 0.0500.